The number of fused-ring (bicyclic) bond motifs is 1. The van der Waals surface area contributed by atoms with E-state index in [9.17, 15) is 9.59 Å². The minimum Gasteiger partial charge on any atom is -0.491 e. The van der Waals surface area contributed by atoms with Crippen molar-refractivity contribution in [3.05, 3.63) is 88.3 Å². The molecule has 152 valence electrons. The van der Waals surface area contributed by atoms with Crippen LogP contribution in [0.25, 0.3) is 16.7 Å². The second-order valence-corrected chi connectivity index (χ2v) is 7.48. The zero-order valence-electron chi connectivity index (χ0n) is 17.1. The van der Waals surface area contributed by atoms with E-state index in [4.69, 9.17) is 4.74 Å². The number of anilines is 1. The lowest BCUT2D eigenvalue weighted by Gasteiger charge is -2.11. The van der Waals surface area contributed by atoms with Crippen LogP contribution in [0.15, 0.2) is 71.5 Å². The second kappa shape index (κ2) is 7.91. The van der Waals surface area contributed by atoms with Crippen molar-refractivity contribution in [2.45, 2.75) is 26.9 Å². The number of aryl methyl sites for hydroxylation is 1. The average molecular weight is 401 g/mol. The molecule has 0 atom stereocenters. The van der Waals surface area contributed by atoms with E-state index in [1.807, 2.05) is 69.3 Å². The normalized spacial score (nSPS) is 11.1. The van der Waals surface area contributed by atoms with E-state index < -0.39 is 0 Å². The predicted molar refractivity (Wildman–Crippen MR) is 119 cm³/mol. The molecule has 0 saturated carbocycles. The molecule has 2 N–H and O–H groups in total. The third kappa shape index (κ3) is 3.98. The molecule has 0 aliphatic heterocycles. The van der Waals surface area contributed by atoms with Crippen LogP contribution < -0.4 is 15.6 Å². The average Bonchev–Trinajstić information content (AvgIpc) is 3.13. The minimum absolute atomic E-state index is 0.0693. The number of rotatable bonds is 5. The van der Waals surface area contributed by atoms with E-state index in [0.717, 1.165) is 22.4 Å². The molecule has 0 bridgehead atoms. The summed E-state index contributed by atoms with van der Waals surface area (Å²) in [5.41, 5.74) is 3.22. The number of carbonyl (C=O) groups excluding carboxylic acids is 1. The highest BCUT2D eigenvalue weighted by atomic mass is 16.5. The van der Waals surface area contributed by atoms with Gasteiger partial charge < -0.3 is 15.0 Å². The molecule has 0 unspecified atom stereocenters. The molecule has 4 aromatic rings. The van der Waals surface area contributed by atoms with Gasteiger partial charge in [-0.05, 0) is 74.9 Å². The number of pyridine rings is 1. The van der Waals surface area contributed by atoms with Crippen LogP contribution in [0.2, 0.25) is 0 Å². The fourth-order valence-electron chi connectivity index (χ4n) is 3.36. The van der Waals surface area contributed by atoms with Gasteiger partial charge in [0.25, 0.3) is 11.5 Å². The van der Waals surface area contributed by atoms with Crippen molar-refractivity contribution in [2.75, 3.05) is 5.32 Å². The summed E-state index contributed by atoms with van der Waals surface area (Å²) in [6, 6.07) is 19.9. The number of hydrogen-bond donors (Lipinski definition) is 2. The SMILES string of the molecule is Cc1cccc(NC(=O)c2cc3ccc(=O)n(-c4ccc(OC(C)C)cc4)c3[nH]2)c1. The molecule has 6 heteroatoms. The molecular formula is C24H23N3O3. The van der Waals surface area contributed by atoms with Crippen molar-refractivity contribution in [3.63, 3.8) is 0 Å². The maximum atomic E-state index is 12.7. The Morgan fingerprint density at radius 3 is 2.50 bits per heavy atom. The largest absolute Gasteiger partial charge is 0.491 e. The maximum Gasteiger partial charge on any atom is 0.272 e. The van der Waals surface area contributed by atoms with Crippen LogP contribution in [0, 0.1) is 6.92 Å². The lowest BCUT2D eigenvalue weighted by atomic mass is 10.2. The van der Waals surface area contributed by atoms with Gasteiger partial charge in [-0.2, -0.15) is 0 Å². The first kappa shape index (κ1) is 19.5. The van der Waals surface area contributed by atoms with E-state index in [-0.39, 0.29) is 17.6 Å². The van der Waals surface area contributed by atoms with Gasteiger partial charge >= 0.3 is 0 Å². The number of amides is 1. The highest BCUT2D eigenvalue weighted by molar-refractivity contribution is 6.05. The summed E-state index contributed by atoms with van der Waals surface area (Å²) in [5, 5.41) is 3.66. The number of ether oxygens (including phenoxy) is 1. The first-order valence-electron chi connectivity index (χ1n) is 9.80. The van der Waals surface area contributed by atoms with Crippen molar-refractivity contribution in [2.24, 2.45) is 0 Å². The van der Waals surface area contributed by atoms with E-state index in [1.54, 1.807) is 16.7 Å². The quantitative estimate of drug-likeness (QED) is 0.510. The van der Waals surface area contributed by atoms with Crippen LogP contribution in [0.5, 0.6) is 5.75 Å². The molecule has 2 aromatic heterocycles. The summed E-state index contributed by atoms with van der Waals surface area (Å²) >= 11 is 0. The highest BCUT2D eigenvalue weighted by Gasteiger charge is 2.14. The van der Waals surface area contributed by atoms with Gasteiger partial charge in [0.05, 0.1) is 11.8 Å². The molecule has 0 aliphatic carbocycles. The number of benzene rings is 2. The molecule has 2 heterocycles. The van der Waals surface area contributed by atoms with Crippen LogP contribution in [0.1, 0.15) is 29.9 Å². The number of carbonyl (C=O) groups is 1. The Morgan fingerprint density at radius 1 is 1.03 bits per heavy atom. The second-order valence-electron chi connectivity index (χ2n) is 7.48. The van der Waals surface area contributed by atoms with Crippen LogP contribution in [-0.4, -0.2) is 21.6 Å². The van der Waals surface area contributed by atoms with Crippen LogP contribution in [-0.2, 0) is 0 Å². The van der Waals surface area contributed by atoms with Gasteiger partial charge in [0, 0.05) is 17.1 Å². The Balaban J connectivity index is 1.70. The maximum absolute atomic E-state index is 12.7. The molecule has 2 aromatic carbocycles. The predicted octanol–water partition coefficient (Wildman–Crippen LogP) is 4.67. The topological polar surface area (TPSA) is 76.1 Å². The van der Waals surface area contributed by atoms with E-state index in [0.29, 0.717) is 17.0 Å². The van der Waals surface area contributed by atoms with Crippen LogP contribution in [0.4, 0.5) is 5.69 Å². The van der Waals surface area contributed by atoms with Crippen molar-refractivity contribution in [3.8, 4) is 11.4 Å². The Kier molecular flexibility index (Phi) is 5.14. The summed E-state index contributed by atoms with van der Waals surface area (Å²) in [7, 11) is 0. The molecule has 4 rings (SSSR count). The molecule has 30 heavy (non-hydrogen) atoms. The molecule has 0 spiro atoms. The lowest BCUT2D eigenvalue weighted by Crippen LogP contribution is -2.17. The van der Waals surface area contributed by atoms with Gasteiger partial charge in [0.1, 0.15) is 17.1 Å². The zero-order chi connectivity index (χ0) is 21.3. The Hall–Kier alpha value is -3.80. The highest BCUT2D eigenvalue weighted by Crippen LogP contribution is 2.21. The summed E-state index contributed by atoms with van der Waals surface area (Å²) in [5.74, 6) is 0.468. The third-order valence-electron chi connectivity index (χ3n) is 4.66. The summed E-state index contributed by atoms with van der Waals surface area (Å²) in [6.45, 7) is 5.89. The van der Waals surface area contributed by atoms with Gasteiger partial charge in [-0.25, -0.2) is 0 Å². The summed E-state index contributed by atoms with van der Waals surface area (Å²) < 4.78 is 7.23. The fourth-order valence-corrected chi connectivity index (χ4v) is 3.36. The molecule has 6 nitrogen and oxygen atoms in total. The van der Waals surface area contributed by atoms with E-state index >= 15 is 0 Å². The molecule has 1 amide bonds. The van der Waals surface area contributed by atoms with Gasteiger partial charge in [-0.1, -0.05) is 12.1 Å². The summed E-state index contributed by atoms with van der Waals surface area (Å²) in [6.07, 6.45) is 0.0693. The van der Waals surface area contributed by atoms with Crippen molar-refractivity contribution >= 4 is 22.6 Å². The van der Waals surface area contributed by atoms with Crippen molar-refractivity contribution in [1.82, 2.24) is 9.55 Å². The van der Waals surface area contributed by atoms with Gasteiger partial charge in [0.2, 0.25) is 0 Å². The Morgan fingerprint density at radius 2 is 1.80 bits per heavy atom. The Labute approximate surface area is 174 Å². The molecule has 0 aliphatic rings. The van der Waals surface area contributed by atoms with Crippen LogP contribution in [0.3, 0.4) is 0 Å². The molecule has 0 saturated heterocycles. The third-order valence-corrected chi connectivity index (χ3v) is 4.66. The number of aromatic nitrogens is 2. The number of H-pyrrole nitrogens is 1. The summed E-state index contributed by atoms with van der Waals surface area (Å²) in [4.78, 5) is 28.4. The number of hydrogen-bond acceptors (Lipinski definition) is 3. The van der Waals surface area contributed by atoms with E-state index in [1.165, 1.54) is 6.07 Å². The van der Waals surface area contributed by atoms with Gasteiger partial charge in [-0.15, -0.1) is 0 Å². The van der Waals surface area contributed by atoms with Crippen molar-refractivity contribution in [1.29, 1.82) is 0 Å². The van der Waals surface area contributed by atoms with E-state index in [2.05, 4.69) is 10.3 Å². The molecule has 0 radical (unpaired) electrons. The standard InChI is InChI=1S/C24H23N3O3/c1-15(2)30-20-10-8-19(9-11-20)27-22(28)12-7-17-14-21(26-23(17)27)24(29)25-18-6-4-5-16(3)13-18/h4-15,26H,1-3H3,(H,25,29). The smallest absolute Gasteiger partial charge is 0.272 e. The van der Waals surface area contributed by atoms with Gasteiger partial charge in [-0.3, -0.25) is 14.2 Å². The first-order chi connectivity index (χ1) is 14.4. The first-order valence-corrected chi connectivity index (χ1v) is 9.80. The van der Waals surface area contributed by atoms with Crippen molar-refractivity contribution < 1.29 is 9.53 Å². The molecular weight excluding hydrogens is 378 g/mol. The number of aromatic amines is 1. The molecule has 0 fully saturated rings. The van der Waals surface area contributed by atoms with Gasteiger partial charge in [0.15, 0.2) is 0 Å². The Bertz CT molecular complexity index is 1270. The number of nitrogens with zero attached hydrogens (tertiary/aromatic N) is 1. The van der Waals surface area contributed by atoms with Crippen LogP contribution >= 0.6 is 0 Å². The minimum atomic E-state index is -0.267. The fraction of sp³-hybridized carbons (Fsp3) is 0.167. The monoisotopic (exact) mass is 401 g/mol. The number of nitrogens with one attached hydrogen (secondary N) is 2. The lowest BCUT2D eigenvalue weighted by molar-refractivity contribution is 0.102. The zero-order valence-corrected chi connectivity index (χ0v) is 17.1.